The lowest BCUT2D eigenvalue weighted by molar-refractivity contribution is -0.132. The van der Waals surface area contributed by atoms with Crippen molar-refractivity contribution in [2.45, 2.75) is 26.2 Å². The molecule has 5 nitrogen and oxygen atoms in total. The normalized spacial score (nSPS) is 13.5. The Kier molecular flexibility index (Phi) is 5.23. The molecule has 1 N–H and O–H groups in total. The minimum Gasteiger partial charge on any atom is -0.326 e. The number of hydrazone groups is 1. The van der Waals surface area contributed by atoms with Crippen molar-refractivity contribution in [3.63, 3.8) is 0 Å². The number of aryl methyl sites for hydroxylation is 1. The highest BCUT2D eigenvalue weighted by Crippen LogP contribution is 2.15. The average molecular weight is 335 g/mol. The summed E-state index contributed by atoms with van der Waals surface area (Å²) in [7, 11) is 0. The van der Waals surface area contributed by atoms with Gasteiger partial charge in [-0.05, 0) is 30.2 Å². The number of hydrogen-bond donors (Lipinski definition) is 1. The van der Waals surface area contributed by atoms with Gasteiger partial charge in [0.15, 0.2) is 0 Å². The van der Waals surface area contributed by atoms with Crippen LogP contribution in [0, 0.1) is 6.92 Å². The number of nitrogens with zero attached hydrogens (tertiary/aromatic N) is 2. The molecule has 3 rings (SSSR count). The molecule has 1 aliphatic heterocycles. The highest BCUT2D eigenvalue weighted by Gasteiger charge is 2.21. The van der Waals surface area contributed by atoms with Crippen LogP contribution in [0.2, 0.25) is 0 Å². The van der Waals surface area contributed by atoms with E-state index in [1.54, 1.807) is 0 Å². The van der Waals surface area contributed by atoms with Gasteiger partial charge in [0.05, 0.1) is 12.3 Å². The number of amides is 2. The van der Waals surface area contributed by atoms with Gasteiger partial charge >= 0.3 is 0 Å². The quantitative estimate of drug-likeness (QED) is 0.911. The third-order valence-electron chi connectivity index (χ3n) is 4.06. The van der Waals surface area contributed by atoms with Gasteiger partial charge in [0.25, 0.3) is 0 Å². The van der Waals surface area contributed by atoms with Crippen molar-refractivity contribution in [3.8, 4) is 0 Å². The first-order valence-electron chi connectivity index (χ1n) is 8.41. The van der Waals surface area contributed by atoms with Crippen molar-refractivity contribution in [2.75, 3.05) is 11.9 Å². The van der Waals surface area contributed by atoms with E-state index in [1.165, 1.54) is 5.01 Å². The van der Waals surface area contributed by atoms with Gasteiger partial charge in [-0.1, -0.05) is 42.5 Å². The van der Waals surface area contributed by atoms with Gasteiger partial charge in [0, 0.05) is 24.9 Å². The summed E-state index contributed by atoms with van der Waals surface area (Å²) < 4.78 is 0. The zero-order valence-corrected chi connectivity index (χ0v) is 14.2. The summed E-state index contributed by atoms with van der Waals surface area (Å²) in [5, 5.41) is 8.69. The largest absolute Gasteiger partial charge is 0.326 e. The van der Waals surface area contributed by atoms with Crippen LogP contribution in [0.1, 0.15) is 30.4 Å². The van der Waals surface area contributed by atoms with E-state index in [1.807, 2.05) is 61.5 Å². The van der Waals surface area contributed by atoms with Gasteiger partial charge in [-0.3, -0.25) is 9.59 Å². The van der Waals surface area contributed by atoms with Crippen LogP contribution in [-0.4, -0.2) is 29.1 Å². The first-order valence-corrected chi connectivity index (χ1v) is 8.41. The van der Waals surface area contributed by atoms with E-state index in [-0.39, 0.29) is 24.7 Å². The molecule has 1 heterocycles. The second kappa shape index (κ2) is 7.75. The topological polar surface area (TPSA) is 61.8 Å². The van der Waals surface area contributed by atoms with Gasteiger partial charge in [-0.25, -0.2) is 5.01 Å². The van der Waals surface area contributed by atoms with Crippen LogP contribution in [0.4, 0.5) is 5.69 Å². The maximum atomic E-state index is 12.3. The standard InChI is InChI=1S/C20H21N3O2/c1-15-6-5-9-17(14-15)21-19(24)10-11-20(25)23-13-12-18(22-23)16-7-3-2-4-8-16/h2-9,14H,10-13H2,1H3,(H,21,24). The third-order valence-corrected chi connectivity index (χ3v) is 4.06. The highest BCUT2D eigenvalue weighted by molar-refractivity contribution is 6.02. The van der Waals surface area contributed by atoms with E-state index >= 15 is 0 Å². The SMILES string of the molecule is Cc1cccc(NC(=O)CCC(=O)N2CCC(c3ccccc3)=N2)c1. The molecule has 0 aromatic heterocycles. The molecule has 0 saturated heterocycles. The predicted molar refractivity (Wildman–Crippen MR) is 98.4 cm³/mol. The fourth-order valence-electron chi connectivity index (χ4n) is 2.77. The summed E-state index contributed by atoms with van der Waals surface area (Å²) in [6, 6.07) is 17.4. The Morgan fingerprint density at radius 3 is 2.64 bits per heavy atom. The number of carbonyl (C=O) groups excluding carboxylic acids is 2. The van der Waals surface area contributed by atoms with Crippen LogP contribution in [-0.2, 0) is 9.59 Å². The minimum atomic E-state index is -0.162. The fraction of sp³-hybridized carbons (Fsp3) is 0.250. The van der Waals surface area contributed by atoms with E-state index in [4.69, 9.17) is 0 Å². The average Bonchev–Trinajstić information content (AvgIpc) is 3.11. The lowest BCUT2D eigenvalue weighted by atomic mass is 10.1. The summed E-state index contributed by atoms with van der Waals surface area (Å²) in [6.07, 6.45) is 1.05. The molecule has 2 aromatic rings. The fourth-order valence-corrected chi connectivity index (χ4v) is 2.77. The van der Waals surface area contributed by atoms with Crippen molar-refractivity contribution < 1.29 is 9.59 Å². The molecule has 0 saturated carbocycles. The number of anilines is 1. The number of benzene rings is 2. The van der Waals surface area contributed by atoms with E-state index in [9.17, 15) is 9.59 Å². The van der Waals surface area contributed by atoms with E-state index in [2.05, 4.69) is 10.4 Å². The Hall–Kier alpha value is -2.95. The number of rotatable bonds is 5. The smallest absolute Gasteiger partial charge is 0.243 e. The van der Waals surface area contributed by atoms with Gasteiger partial charge in [-0.15, -0.1) is 0 Å². The van der Waals surface area contributed by atoms with Gasteiger partial charge < -0.3 is 5.32 Å². The molecule has 0 fully saturated rings. The van der Waals surface area contributed by atoms with Crippen molar-refractivity contribution in [1.29, 1.82) is 0 Å². The summed E-state index contributed by atoms with van der Waals surface area (Å²) in [6.45, 7) is 2.54. The molecule has 0 spiro atoms. The molecule has 0 unspecified atom stereocenters. The van der Waals surface area contributed by atoms with Crippen LogP contribution in [0.15, 0.2) is 59.7 Å². The molecule has 0 aliphatic carbocycles. The lowest BCUT2D eigenvalue weighted by Gasteiger charge is -2.11. The predicted octanol–water partition coefficient (Wildman–Crippen LogP) is 3.35. The molecule has 25 heavy (non-hydrogen) atoms. The monoisotopic (exact) mass is 335 g/mol. The summed E-state index contributed by atoms with van der Waals surface area (Å²) in [5.74, 6) is -0.282. The van der Waals surface area contributed by atoms with Crippen molar-refractivity contribution in [3.05, 3.63) is 65.7 Å². The van der Waals surface area contributed by atoms with Gasteiger partial charge in [0.1, 0.15) is 0 Å². The van der Waals surface area contributed by atoms with Crippen molar-refractivity contribution in [2.24, 2.45) is 5.10 Å². The molecular weight excluding hydrogens is 314 g/mol. The Bertz CT molecular complexity index is 800. The number of hydrogen-bond acceptors (Lipinski definition) is 3. The maximum absolute atomic E-state index is 12.3. The second-order valence-corrected chi connectivity index (χ2v) is 6.10. The van der Waals surface area contributed by atoms with Crippen molar-refractivity contribution in [1.82, 2.24) is 5.01 Å². The van der Waals surface area contributed by atoms with E-state index < -0.39 is 0 Å². The van der Waals surface area contributed by atoms with Crippen molar-refractivity contribution >= 4 is 23.2 Å². The van der Waals surface area contributed by atoms with Crippen LogP contribution < -0.4 is 5.32 Å². The van der Waals surface area contributed by atoms with E-state index in [0.29, 0.717) is 6.54 Å². The molecular formula is C20H21N3O2. The molecule has 5 heteroatoms. The maximum Gasteiger partial charge on any atom is 0.243 e. The Morgan fingerprint density at radius 1 is 1.08 bits per heavy atom. The summed E-state index contributed by atoms with van der Waals surface area (Å²) in [4.78, 5) is 24.3. The van der Waals surface area contributed by atoms with Gasteiger partial charge in [0.2, 0.25) is 11.8 Å². The zero-order chi connectivity index (χ0) is 17.6. The summed E-state index contributed by atoms with van der Waals surface area (Å²) in [5.41, 5.74) is 3.78. The minimum absolute atomic E-state index is 0.120. The molecule has 128 valence electrons. The first-order chi connectivity index (χ1) is 12.1. The molecule has 2 amide bonds. The Labute approximate surface area is 147 Å². The molecule has 0 atom stereocenters. The highest BCUT2D eigenvalue weighted by atomic mass is 16.2. The first kappa shape index (κ1) is 16.9. The third kappa shape index (κ3) is 4.53. The van der Waals surface area contributed by atoms with Gasteiger partial charge in [-0.2, -0.15) is 5.10 Å². The number of carbonyl (C=O) groups is 2. The van der Waals surface area contributed by atoms with Crippen LogP contribution in [0.3, 0.4) is 0 Å². The molecule has 0 radical (unpaired) electrons. The van der Waals surface area contributed by atoms with E-state index in [0.717, 1.165) is 28.9 Å². The molecule has 2 aromatic carbocycles. The lowest BCUT2D eigenvalue weighted by Crippen LogP contribution is -2.25. The Morgan fingerprint density at radius 2 is 1.88 bits per heavy atom. The van der Waals surface area contributed by atoms with Crippen LogP contribution in [0.25, 0.3) is 0 Å². The zero-order valence-electron chi connectivity index (χ0n) is 14.2. The molecule has 0 bridgehead atoms. The van der Waals surface area contributed by atoms with Crippen LogP contribution in [0.5, 0.6) is 0 Å². The number of nitrogens with one attached hydrogen (secondary N) is 1. The Balaban J connectivity index is 1.51. The summed E-state index contributed by atoms with van der Waals surface area (Å²) >= 11 is 0. The molecule has 1 aliphatic rings. The van der Waals surface area contributed by atoms with Crippen LogP contribution >= 0.6 is 0 Å². The second-order valence-electron chi connectivity index (χ2n) is 6.10.